The van der Waals surface area contributed by atoms with Gasteiger partial charge in [-0.1, -0.05) is 42.5 Å². The molecule has 7 heteroatoms. The molecule has 0 spiro atoms. The van der Waals surface area contributed by atoms with Crippen molar-refractivity contribution in [1.29, 1.82) is 0 Å². The number of nitrogens with zero attached hydrogens (tertiary/aromatic N) is 2. The fourth-order valence-corrected chi connectivity index (χ4v) is 5.92. The zero-order chi connectivity index (χ0) is 27.6. The molecule has 1 heterocycles. The number of rotatable bonds is 7. The molecule has 3 aromatic rings. The van der Waals surface area contributed by atoms with Gasteiger partial charge < -0.3 is 16.0 Å². The molecule has 6 nitrogen and oxygen atoms in total. The number of nitrogens with two attached hydrogens (primary N) is 1. The van der Waals surface area contributed by atoms with Crippen molar-refractivity contribution < 1.29 is 14.0 Å². The Hall–Kier alpha value is -3.58. The first-order chi connectivity index (χ1) is 18.7. The van der Waals surface area contributed by atoms with Gasteiger partial charge in [-0.05, 0) is 68.6 Å². The average molecular weight is 529 g/mol. The Labute approximate surface area is 229 Å². The predicted molar refractivity (Wildman–Crippen MR) is 152 cm³/mol. The van der Waals surface area contributed by atoms with Gasteiger partial charge in [-0.3, -0.25) is 14.6 Å². The summed E-state index contributed by atoms with van der Waals surface area (Å²) < 4.78 is 14.9. The maximum Gasteiger partial charge on any atom is 0.224 e. The smallest absolute Gasteiger partial charge is 0.224 e. The van der Waals surface area contributed by atoms with Crippen molar-refractivity contribution in [2.45, 2.75) is 69.9 Å². The highest BCUT2D eigenvalue weighted by molar-refractivity contribution is 5.93. The Balaban J connectivity index is 1.33. The van der Waals surface area contributed by atoms with Crippen molar-refractivity contribution in [3.05, 3.63) is 72.2 Å². The zero-order valence-electron chi connectivity index (χ0n) is 22.8. The van der Waals surface area contributed by atoms with E-state index < -0.39 is 0 Å². The molecule has 2 aliphatic carbocycles. The van der Waals surface area contributed by atoms with Crippen LogP contribution in [0.1, 0.15) is 63.9 Å². The monoisotopic (exact) mass is 528 g/mol. The van der Waals surface area contributed by atoms with Crippen molar-refractivity contribution in [3.8, 4) is 22.4 Å². The second-order valence-electron chi connectivity index (χ2n) is 11.2. The SMILES string of the molecule is CC(=O)N(C)[C@H]1CC[C@H](CC(=O)Nc2cnc(-c3ccc(C4(N)CCC4)cc3)c(-c3ccccc3F)c2)CC1. The van der Waals surface area contributed by atoms with Crippen LogP contribution in [0.2, 0.25) is 0 Å². The van der Waals surface area contributed by atoms with Crippen LogP contribution in [0.25, 0.3) is 22.4 Å². The summed E-state index contributed by atoms with van der Waals surface area (Å²) in [6.45, 7) is 1.59. The van der Waals surface area contributed by atoms with Crippen molar-refractivity contribution in [1.82, 2.24) is 9.88 Å². The zero-order valence-corrected chi connectivity index (χ0v) is 22.8. The highest BCUT2D eigenvalue weighted by atomic mass is 19.1. The van der Waals surface area contributed by atoms with E-state index in [1.54, 1.807) is 31.3 Å². The molecule has 204 valence electrons. The third kappa shape index (κ3) is 5.88. The number of anilines is 1. The second-order valence-corrected chi connectivity index (χ2v) is 11.2. The number of aromatic nitrogens is 1. The molecule has 3 N–H and O–H groups in total. The lowest BCUT2D eigenvalue weighted by Gasteiger charge is -2.38. The van der Waals surface area contributed by atoms with Crippen molar-refractivity contribution in [2.75, 3.05) is 12.4 Å². The molecule has 0 radical (unpaired) electrons. The third-order valence-electron chi connectivity index (χ3n) is 8.65. The molecule has 0 bridgehead atoms. The molecule has 2 aliphatic rings. The molecule has 2 amide bonds. The van der Waals surface area contributed by atoms with E-state index in [0.29, 0.717) is 28.9 Å². The van der Waals surface area contributed by atoms with E-state index in [1.807, 2.05) is 42.3 Å². The fourth-order valence-electron chi connectivity index (χ4n) is 5.92. The summed E-state index contributed by atoms with van der Waals surface area (Å²) in [5.41, 5.74) is 10.5. The van der Waals surface area contributed by atoms with Crippen LogP contribution in [0.5, 0.6) is 0 Å². The molecule has 5 rings (SSSR count). The summed E-state index contributed by atoms with van der Waals surface area (Å²) in [5, 5.41) is 2.99. The fraction of sp³-hybridized carbons (Fsp3) is 0.406. The topological polar surface area (TPSA) is 88.3 Å². The molecule has 0 aliphatic heterocycles. The van der Waals surface area contributed by atoms with Gasteiger partial charge in [0.25, 0.3) is 0 Å². The number of nitrogens with one attached hydrogen (secondary N) is 1. The molecule has 1 aromatic heterocycles. The average Bonchev–Trinajstić information content (AvgIpc) is 2.92. The quantitative estimate of drug-likeness (QED) is 0.379. The molecule has 0 saturated heterocycles. The van der Waals surface area contributed by atoms with Crippen LogP contribution >= 0.6 is 0 Å². The Morgan fingerprint density at radius 1 is 1.05 bits per heavy atom. The first-order valence-electron chi connectivity index (χ1n) is 13.9. The van der Waals surface area contributed by atoms with Gasteiger partial charge in [0.1, 0.15) is 5.82 Å². The van der Waals surface area contributed by atoms with E-state index in [4.69, 9.17) is 5.73 Å². The largest absolute Gasteiger partial charge is 0.343 e. The summed E-state index contributed by atoms with van der Waals surface area (Å²) in [6, 6.07) is 16.7. The van der Waals surface area contributed by atoms with Crippen LogP contribution in [0.4, 0.5) is 10.1 Å². The number of pyridine rings is 1. The van der Waals surface area contributed by atoms with Gasteiger partial charge in [0.05, 0.1) is 17.6 Å². The molecule has 0 unspecified atom stereocenters. The highest BCUT2D eigenvalue weighted by Gasteiger charge is 2.34. The van der Waals surface area contributed by atoms with Crippen LogP contribution in [0.3, 0.4) is 0 Å². The number of halogens is 1. The first kappa shape index (κ1) is 27.0. The number of hydrogen-bond acceptors (Lipinski definition) is 4. The van der Waals surface area contributed by atoms with Gasteiger partial charge in [-0.25, -0.2) is 4.39 Å². The maximum atomic E-state index is 14.9. The molecule has 2 fully saturated rings. The van der Waals surface area contributed by atoms with Gasteiger partial charge >= 0.3 is 0 Å². The lowest BCUT2D eigenvalue weighted by molar-refractivity contribution is -0.130. The normalized spacial score (nSPS) is 20.1. The second kappa shape index (κ2) is 11.3. The Morgan fingerprint density at radius 3 is 2.36 bits per heavy atom. The van der Waals surface area contributed by atoms with Crippen LogP contribution in [0.15, 0.2) is 60.8 Å². The minimum atomic E-state index is -0.344. The van der Waals surface area contributed by atoms with Gasteiger partial charge in [0.15, 0.2) is 0 Å². The molecule has 39 heavy (non-hydrogen) atoms. The summed E-state index contributed by atoms with van der Waals surface area (Å²) in [5.74, 6) is -0.0656. The highest BCUT2D eigenvalue weighted by Crippen LogP contribution is 2.40. The van der Waals surface area contributed by atoms with E-state index in [0.717, 1.165) is 56.1 Å². The number of amides is 2. The summed E-state index contributed by atoms with van der Waals surface area (Å²) >= 11 is 0. The van der Waals surface area contributed by atoms with Gasteiger partial charge in [0, 0.05) is 48.7 Å². The minimum absolute atomic E-state index is 0.0782. The predicted octanol–water partition coefficient (Wildman–Crippen LogP) is 6.26. The summed E-state index contributed by atoms with van der Waals surface area (Å²) in [6.07, 6.45) is 8.80. The number of hydrogen-bond donors (Lipinski definition) is 2. The minimum Gasteiger partial charge on any atom is -0.343 e. The van der Waals surface area contributed by atoms with Crippen LogP contribution in [-0.4, -0.2) is 34.8 Å². The molecule has 2 saturated carbocycles. The van der Waals surface area contributed by atoms with E-state index in [1.165, 1.54) is 6.07 Å². The maximum absolute atomic E-state index is 14.9. The summed E-state index contributed by atoms with van der Waals surface area (Å²) in [7, 11) is 1.85. The molecular formula is C32H37FN4O2. The van der Waals surface area contributed by atoms with Gasteiger partial charge in [-0.15, -0.1) is 0 Å². The van der Waals surface area contributed by atoms with Gasteiger partial charge in [0.2, 0.25) is 11.8 Å². The lowest BCUT2D eigenvalue weighted by atomic mass is 9.72. The van der Waals surface area contributed by atoms with E-state index in [2.05, 4.69) is 10.3 Å². The van der Waals surface area contributed by atoms with Gasteiger partial charge in [-0.2, -0.15) is 0 Å². The first-order valence-corrected chi connectivity index (χ1v) is 13.9. The molecular weight excluding hydrogens is 491 g/mol. The Kier molecular flexibility index (Phi) is 7.80. The number of benzene rings is 2. The van der Waals surface area contributed by atoms with E-state index >= 15 is 0 Å². The molecule has 0 atom stereocenters. The van der Waals surface area contributed by atoms with Crippen molar-refractivity contribution >= 4 is 17.5 Å². The third-order valence-corrected chi connectivity index (χ3v) is 8.65. The van der Waals surface area contributed by atoms with Crippen LogP contribution in [0, 0.1) is 11.7 Å². The number of carbonyl (C=O) groups is 2. The summed E-state index contributed by atoms with van der Waals surface area (Å²) in [4.78, 5) is 31.1. The molecule has 2 aromatic carbocycles. The van der Waals surface area contributed by atoms with Crippen LogP contribution < -0.4 is 11.1 Å². The van der Waals surface area contributed by atoms with E-state index in [9.17, 15) is 14.0 Å². The van der Waals surface area contributed by atoms with Crippen molar-refractivity contribution in [3.63, 3.8) is 0 Å². The van der Waals surface area contributed by atoms with Crippen molar-refractivity contribution in [2.24, 2.45) is 11.7 Å². The van der Waals surface area contributed by atoms with Crippen LogP contribution in [-0.2, 0) is 15.1 Å². The Bertz CT molecular complexity index is 1340. The lowest BCUT2D eigenvalue weighted by Crippen LogP contribution is -2.43. The van der Waals surface area contributed by atoms with E-state index in [-0.39, 0.29) is 35.1 Å². The number of carbonyl (C=O) groups excluding carboxylic acids is 2. The Morgan fingerprint density at radius 2 is 1.74 bits per heavy atom. The standard InChI is InChI=1S/C32H37FN4O2/c1-21(38)37(2)26-14-8-22(9-15-26)18-30(39)36-25-19-28(27-6-3-4-7-29(27)33)31(35-20-25)23-10-12-24(13-11-23)32(34)16-5-17-32/h3-4,6-7,10-13,19-20,22,26H,5,8-9,14-18,34H2,1-2H3,(H,36,39)/t22-,26-.